The molecular formula is C11H11FO2S. The highest BCUT2D eigenvalue weighted by Gasteiger charge is 2.53. The zero-order valence-electron chi connectivity index (χ0n) is 8.29. The average Bonchev–Trinajstić information content (AvgIpc) is 2.99. The number of hydrogen-bond donors (Lipinski definition) is 1. The summed E-state index contributed by atoms with van der Waals surface area (Å²) in [5.41, 5.74) is -0.614. The topological polar surface area (TPSA) is 37.3 Å². The number of carbonyl (C=O) groups is 1. The number of carboxylic acid groups (broad SMARTS) is 1. The van der Waals surface area contributed by atoms with Gasteiger partial charge in [-0.25, -0.2) is 4.39 Å². The maximum absolute atomic E-state index is 13.5. The number of halogens is 1. The minimum Gasteiger partial charge on any atom is -0.481 e. The minimum atomic E-state index is -0.949. The lowest BCUT2D eigenvalue weighted by Gasteiger charge is -2.12. The highest BCUT2D eigenvalue weighted by Crippen LogP contribution is 2.49. The summed E-state index contributed by atoms with van der Waals surface area (Å²) < 4.78 is 13.5. The maximum Gasteiger partial charge on any atom is 0.314 e. The number of thioether (sulfide) groups is 1. The maximum atomic E-state index is 13.5. The SMILES string of the molecule is CSc1ccc(F)c(C2(C(=O)O)CC2)c1. The molecule has 15 heavy (non-hydrogen) atoms. The number of rotatable bonds is 3. The van der Waals surface area contributed by atoms with Gasteiger partial charge in [0.05, 0.1) is 5.41 Å². The molecule has 1 aliphatic carbocycles. The van der Waals surface area contributed by atoms with E-state index in [1.165, 1.54) is 17.8 Å². The third-order valence-corrected chi connectivity index (χ3v) is 3.57. The van der Waals surface area contributed by atoms with E-state index in [4.69, 9.17) is 5.11 Å². The number of aliphatic carboxylic acids is 1. The van der Waals surface area contributed by atoms with Gasteiger partial charge in [0.25, 0.3) is 0 Å². The van der Waals surface area contributed by atoms with Gasteiger partial charge in [-0.3, -0.25) is 4.79 Å². The van der Waals surface area contributed by atoms with Gasteiger partial charge in [-0.1, -0.05) is 0 Å². The normalized spacial score (nSPS) is 17.5. The minimum absolute atomic E-state index is 0.335. The van der Waals surface area contributed by atoms with E-state index in [0.29, 0.717) is 18.4 Å². The Kier molecular flexibility index (Phi) is 2.46. The summed E-state index contributed by atoms with van der Waals surface area (Å²) in [5, 5.41) is 9.07. The Morgan fingerprint density at radius 2 is 2.20 bits per heavy atom. The van der Waals surface area contributed by atoms with Gasteiger partial charge in [0.15, 0.2) is 0 Å². The molecule has 80 valence electrons. The van der Waals surface area contributed by atoms with Crippen LogP contribution in [0.25, 0.3) is 0 Å². The van der Waals surface area contributed by atoms with Gasteiger partial charge >= 0.3 is 5.97 Å². The molecule has 2 rings (SSSR count). The van der Waals surface area contributed by atoms with Crippen LogP contribution in [0.4, 0.5) is 4.39 Å². The van der Waals surface area contributed by atoms with Gasteiger partial charge in [0.1, 0.15) is 5.82 Å². The second-order valence-corrected chi connectivity index (χ2v) is 4.61. The van der Waals surface area contributed by atoms with Gasteiger partial charge in [0.2, 0.25) is 0 Å². The van der Waals surface area contributed by atoms with Crippen molar-refractivity contribution in [3.05, 3.63) is 29.6 Å². The molecule has 0 atom stereocenters. The summed E-state index contributed by atoms with van der Waals surface area (Å²) >= 11 is 1.49. The predicted octanol–water partition coefficient (Wildman–Crippen LogP) is 2.66. The third-order valence-electron chi connectivity index (χ3n) is 2.85. The van der Waals surface area contributed by atoms with Crippen molar-refractivity contribution >= 4 is 17.7 Å². The Morgan fingerprint density at radius 1 is 1.53 bits per heavy atom. The number of carboxylic acids is 1. The van der Waals surface area contributed by atoms with E-state index in [-0.39, 0.29) is 0 Å². The molecule has 1 saturated carbocycles. The number of benzene rings is 1. The van der Waals surface area contributed by atoms with E-state index in [9.17, 15) is 9.18 Å². The van der Waals surface area contributed by atoms with E-state index in [1.807, 2.05) is 6.26 Å². The molecule has 0 unspecified atom stereocenters. The van der Waals surface area contributed by atoms with E-state index in [2.05, 4.69) is 0 Å². The lowest BCUT2D eigenvalue weighted by Crippen LogP contribution is -2.21. The first-order valence-corrected chi connectivity index (χ1v) is 5.90. The lowest BCUT2D eigenvalue weighted by molar-refractivity contribution is -0.140. The van der Waals surface area contributed by atoms with Crippen LogP contribution in [0.1, 0.15) is 18.4 Å². The fraction of sp³-hybridized carbons (Fsp3) is 0.364. The van der Waals surface area contributed by atoms with Gasteiger partial charge < -0.3 is 5.11 Å². The van der Waals surface area contributed by atoms with Crippen molar-refractivity contribution in [2.45, 2.75) is 23.2 Å². The highest BCUT2D eigenvalue weighted by molar-refractivity contribution is 7.98. The van der Waals surface area contributed by atoms with Crippen molar-refractivity contribution in [1.29, 1.82) is 0 Å². The molecule has 1 aromatic carbocycles. The van der Waals surface area contributed by atoms with Crippen molar-refractivity contribution in [3.8, 4) is 0 Å². The largest absolute Gasteiger partial charge is 0.481 e. The lowest BCUT2D eigenvalue weighted by atomic mass is 9.96. The molecular weight excluding hydrogens is 215 g/mol. The molecule has 0 amide bonds. The molecule has 4 heteroatoms. The molecule has 2 nitrogen and oxygen atoms in total. The zero-order chi connectivity index (χ0) is 11.1. The van der Waals surface area contributed by atoms with Crippen molar-refractivity contribution in [2.75, 3.05) is 6.26 Å². The molecule has 0 spiro atoms. The molecule has 1 fully saturated rings. The summed E-state index contributed by atoms with van der Waals surface area (Å²) in [5.74, 6) is -1.33. The van der Waals surface area contributed by atoms with Crippen molar-refractivity contribution in [3.63, 3.8) is 0 Å². The average molecular weight is 226 g/mol. The summed E-state index contributed by atoms with van der Waals surface area (Å²) in [4.78, 5) is 12.0. The molecule has 0 saturated heterocycles. The van der Waals surface area contributed by atoms with E-state index < -0.39 is 17.2 Å². The molecule has 0 aliphatic heterocycles. The van der Waals surface area contributed by atoms with Gasteiger partial charge in [-0.15, -0.1) is 11.8 Å². The van der Waals surface area contributed by atoms with E-state index >= 15 is 0 Å². The predicted molar refractivity (Wildman–Crippen MR) is 56.7 cm³/mol. The zero-order valence-corrected chi connectivity index (χ0v) is 9.10. The summed E-state index contributed by atoms with van der Waals surface area (Å²) in [6.45, 7) is 0. The van der Waals surface area contributed by atoms with Crippen LogP contribution >= 0.6 is 11.8 Å². The van der Waals surface area contributed by atoms with Gasteiger partial charge in [-0.2, -0.15) is 0 Å². The molecule has 0 aromatic heterocycles. The fourth-order valence-electron chi connectivity index (χ4n) is 1.72. The third kappa shape index (κ3) is 1.63. The first-order valence-electron chi connectivity index (χ1n) is 4.67. The van der Waals surface area contributed by atoms with Crippen molar-refractivity contribution < 1.29 is 14.3 Å². The van der Waals surface area contributed by atoms with E-state index in [1.54, 1.807) is 12.1 Å². The Bertz CT molecular complexity index is 413. The molecule has 0 bridgehead atoms. The Balaban J connectivity index is 2.47. The first-order chi connectivity index (χ1) is 7.10. The summed E-state index contributed by atoms with van der Waals surface area (Å²) in [6.07, 6.45) is 2.96. The van der Waals surface area contributed by atoms with Gasteiger partial charge in [0, 0.05) is 10.5 Å². The molecule has 0 heterocycles. The Labute approximate surface area is 91.5 Å². The fourth-order valence-corrected chi connectivity index (χ4v) is 2.16. The van der Waals surface area contributed by atoms with Crippen LogP contribution in [0.2, 0.25) is 0 Å². The van der Waals surface area contributed by atoms with Crippen LogP contribution in [0.3, 0.4) is 0 Å². The van der Waals surface area contributed by atoms with Crippen LogP contribution < -0.4 is 0 Å². The highest BCUT2D eigenvalue weighted by atomic mass is 32.2. The first kappa shape index (κ1) is 10.5. The van der Waals surface area contributed by atoms with Crippen LogP contribution in [0.5, 0.6) is 0 Å². The van der Waals surface area contributed by atoms with Crippen LogP contribution in [0.15, 0.2) is 23.1 Å². The van der Waals surface area contributed by atoms with Crippen molar-refractivity contribution in [1.82, 2.24) is 0 Å². The number of hydrogen-bond acceptors (Lipinski definition) is 2. The molecule has 1 aromatic rings. The standard InChI is InChI=1S/C11H11FO2S/c1-15-7-2-3-9(12)8(6-7)11(4-5-11)10(13)14/h2-3,6H,4-5H2,1H3,(H,13,14). The van der Waals surface area contributed by atoms with Crippen LogP contribution in [-0.2, 0) is 10.2 Å². The second-order valence-electron chi connectivity index (χ2n) is 3.73. The summed E-state index contributed by atoms with van der Waals surface area (Å²) in [7, 11) is 0. The monoisotopic (exact) mass is 226 g/mol. The molecule has 0 radical (unpaired) electrons. The van der Waals surface area contributed by atoms with E-state index in [0.717, 1.165) is 4.90 Å². The van der Waals surface area contributed by atoms with Crippen LogP contribution in [-0.4, -0.2) is 17.3 Å². The van der Waals surface area contributed by atoms with Crippen molar-refractivity contribution in [2.24, 2.45) is 0 Å². The molecule has 1 aliphatic rings. The molecule has 1 N–H and O–H groups in total. The Hall–Kier alpha value is -1.03. The second kappa shape index (κ2) is 3.52. The summed E-state index contributed by atoms with van der Waals surface area (Å²) in [6, 6.07) is 4.67. The van der Waals surface area contributed by atoms with Gasteiger partial charge in [-0.05, 0) is 37.3 Å². The Morgan fingerprint density at radius 3 is 2.67 bits per heavy atom. The smallest absolute Gasteiger partial charge is 0.314 e. The van der Waals surface area contributed by atoms with Crippen LogP contribution in [0, 0.1) is 5.82 Å². The quantitative estimate of drug-likeness (QED) is 0.805.